The van der Waals surface area contributed by atoms with E-state index in [1.54, 1.807) is 32.4 Å². The monoisotopic (exact) mass is 452 g/mol. The highest BCUT2D eigenvalue weighted by Gasteiger charge is 2.32. The van der Waals surface area contributed by atoms with Crippen molar-refractivity contribution in [2.45, 2.75) is 25.9 Å². The van der Waals surface area contributed by atoms with Crippen molar-refractivity contribution in [1.82, 2.24) is 9.80 Å². The Hall–Kier alpha value is -3.06. The van der Waals surface area contributed by atoms with Crippen molar-refractivity contribution in [2.24, 2.45) is 5.92 Å². The van der Waals surface area contributed by atoms with Gasteiger partial charge in [-0.25, -0.2) is 0 Å². The second kappa shape index (κ2) is 10.3. The third-order valence-electron chi connectivity index (χ3n) is 6.24. The number of nitrogens with zero attached hydrogens (tertiary/aromatic N) is 2. The minimum Gasteiger partial charge on any atom is -0.493 e. The molecule has 1 saturated heterocycles. The molecular formula is C26H32N2O5. The van der Waals surface area contributed by atoms with E-state index >= 15 is 0 Å². The summed E-state index contributed by atoms with van der Waals surface area (Å²) in [6, 6.07) is 12.9. The van der Waals surface area contributed by atoms with Gasteiger partial charge in [0.05, 0.1) is 26.9 Å². The summed E-state index contributed by atoms with van der Waals surface area (Å²) in [5.41, 5.74) is 2.35. The number of morpholine rings is 1. The maximum absolute atomic E-state index is 13.4. The molecule has 2 amide bonds. The summed E-state index contributed by atoms with van der Waals surface area (Å²) in [7, 11) is 3.13. The zero-order valence-electron chi connectivity index (χ0n) is 19.6. The van der Waals surface area contributed by atoms with Crippen molar-refractivity contribution in [2.75, 3.05) is 47.0 Å². The molecule has 1 heterocycles. The summed E-state index contributed by atoms with van der Waals surface area (Å²) in [4.78, 5) is 30.1. The largest absolute Gasteiger partial charge is 0.493 e. The first kappa shape index (κ1) is 23.1. The number of hydrogen-bond acceptors (Lipinski definition) is 5. The Morgan fingerprint density at radius 2 is 1.70 bits per heavy atom. The van der Waals surface area contributed by atoms with E-state index in [2.05, 4.69) is 0 Å². The molecule has 0 N–H and O–H groups in total. The van der Waals surface area contributed by atoms with Gasteiger partial charge in [0.2, 0.25) is 0 Å². The molecule has 1 atom stereocenters. The second-order valence-corrected chi connectivity index (χ2v) is 8.83. The van der Waals surface area contributed by atoms with Crippen molar-refractivity contribution in [1.29, 1.82) is 0 Å². The smallest absolute Gasteiger partial charge is 0.254 e. The third kappa shape index (κ3) is 5.66. The van der Waals surface area contributed by atoms with Gasteiger partial charge < -0.3 is 24.0 Å². The molecule has 2 aromatic rings. The highest BCUT2D eigenvalue weighted by molar-refractivity contribution is 5.95. The van der Waals surface area contributed by atoms with Crippen LogP contribution in [0.2, 0.25) is 0 Å². The number of benzene rings is 2. The molecular weight excluding hydrogens is 420 g/mol. The fraction of sp³-hybridized carbons (Fsp3) is 0.462. The lowest BCUT2D eigenvalue weighted by atomic mass is 10.1. The molecule has 0 aromatic heterocycles. The molecule has 4 rings (SSSR count). The van der Waals surface area contributed by atoms with Crippen LogP contribution < -0.4 is 9.47 Å². The minimum atomic E-state index is -0.226. The summed E-state index contributed by atoms with van der Waals surface area (Å²) in [6.45, 7) is 4.62. The Bertz CT molecular complexity index is 987. The molecule has 2 fully saturated rings. The second-order valence-electron chi connectivity index (χ2n) is 8.83. The molecule has 176 valence electrons. The number of carbonyl (C=O) groups is 2. The van der Waals surface area contributed by atoms with Crippen LogP contribution in [0, 0.1) is 12.8 Å². The summed E-state index contributed by atoms with van der Waals surface area (Å²) < 4.78 is 16.7. The quantitative estimate of drug-likeness (QED) is 0.614. The van der Waals surface area contributed by atoms with E-state index in [4.69, 9.17) is 14.2 Å². The standard InChI is InChI=1S/C26H32N2O5/c1-18-4-8-20(9-5-18)25(29)27-12-13-33-22(16-27)17-28(15-19-6-7-19)26(30)21-10-11-23(31-2)24(14-21)32-3/h4-5,8-11,14,19,22H,6-7,12-13,15-17H2,1-3H3. The fourth-order valence-electron chi connectivity index (χ4n) is 4.14. The molecule has 2 aliphatic rings. The van der Waals surface area contributed by atoms with Crippen LogP contribution in [-0.2, 0) is 4.74 Å². The minimum absolute atomic E-state index is 0.00302. The van der Waals surface area contributed by atoms with E-state index in [9.17, 15) is 9.59 Å². The van der Waals surface area contributed by atoms with Crippen molar-refractivity contribution in [3.8, 4) is 11.5 Å². The van der Waals surface area contributed by atoms with Crippen LogP contribution in [0.4, 0.5) is 0 Å². The summed E-state index contributed by atoms with van der Waals surface area (Å²) in [5, 5.41) is 0. The van der Waals surface area contributed by atoms with Crippen molar-refractivity contribution in [3.05, 3.63) is 59.2 Å². The highest BCUT2D eigenvalue weighted by atomic mass is 16.5. The number of carbonyl (C=O) groups excluding carboxylic acids is 2. The first-order valence-electron chi connectivity index (χ1n) is 11.5. The summed E-state index contributed by atoms with van der Waals surface area (Å²) in [5.74, 6) is 1.59. The van der Waals surface area contributed by atoms with Gasteiger partial charge in [-0.05, 0) is 56.0 Å². The lowest BCUT2D eigenvalue weighted by Crippen LogP contribution is -2.51. The Balaban J connectivity index is 1.46. The van der Waals surface area contributed by atoms with Gasteiger partial charge >= 0.3 is 0 Å². The SMILES string of the molecule is COc1ccc(C(=O)N(CC2CC2)CC2CN(C(=O)c3ccc(C)cc3)CCO2)cc1OC. The van der Waals surface area contributed by atoms with Gasteiger partial charge in [-0.1, -0.05) is 17.7 Å². The molecule has 2 aromatic carbocycles. The predicted octanol–water partition coefficient (Wildman–Crippen LogP) is 3.41. The maximum Gasteiger partial charge on any atom is 0.254 e. The predicted molar refractivity (Wildman–Crippen MR) is 125 cm³/mol. The third-order valence-corrected chi connectivity index (χ3v) is 6.24. The van der Waals surface area contributed by atoms with Crippen LogP contribution in [0.1, 0.15) is 39.1 Å². The zero-order valence-corrected chi connectivity index (χ0v) is 19.6. The van der Waals surface area contributed by atoms with Crippen LogP contribution in [0.15, 0.2) is 42.5 Å². The van der Waals surface area contributed by atoms with Gasteiger partial charge in [0, 0.05) is 37.3 Å². The average Bonchev–Trinajstić information content (AvgIpc) is 3.67. The normalized spacial score (nSPS) is 18.0. The fourth-order valence-corrected chi connectivity index (χ4v) is 4.14. The van der Waals surface area contributed by atoms with E-state index < -0.39 is 0 Å². The van der Waals surface area contributed by atoms with Gasteiger partial charge in [-0.3, -0.25) is 9.59 Å². The number of ether oxygens (including phenoxy) is 3. The van der Waals surface area contributed by atoms with E-state index in [0.717, 1.165) is 18.4 Å². The molecule has 0 spiro atoms. The molecule has 1 aliphatic heterocycles. The molecule has 1 saturated carbocycles. The number of hydrogen-bond donors (Lipinski definition) is 0. The maximum atomic E-state index is 13.4. The Labute approximate surface area is 195 Å². The number of rotatable bonds is 8. The van der Waals surface area contributed by atoms with Gasteiger partial charge in [-0.15, -0.1) is 0 Å². The van der Waals surface area contributed by atoms with E-state index in [1.807, 2.05) is 41.0 Å². The van der Waals surface area contributed by atoms with E-state index in [-0.39, 0.29) is 17.9 Å². The number of amides is 2. The summed E-state index contributed by atoms with van der Waals surface area (Å²) >= 11 is 0. The van der Waals surface area contributed by atoms with Gasteiger partial charge in [0.25, 0.3) is 11.8 Å². The highest BCUT2D eigenvalue weighted by Crippen LogP contribution is 2.32. The van der Waals surface area contributed by atoms with Crippen LogP contribution in [0.25, 0.3) is 0 Å². The molecule has 0 radical (unpaired) electrons. The Kier molecular flexibility index (Phi) is 7.18. The Morgan fingerprint density at radius 1 is 1.00 bits per heavy atom. The molecule has 0 bridgehead atoms. The molecule has 7 nitrogen and oxygen atoms in total. The van der Waals surface area contributed by atoms with Crippen LogP contribution in [-0.4, -0.2) is 74.7 Å². The molecule has 33 heavy (non-hydrogen) atoms. The average molecular weight is 453 g/mol. The molecule has 7 heteroatoms. The lowest BCUT2D eigenvalue weighted by molar-refractivity contribution is -0.0335. The summed E-state index contributed by atoms with van der Waals surface area (Å²) in [6.07, 6.45) is 2.05. The van der Waals surface area contributed by atoms with Gasteiger partial charge in [0.1, 0.15) is 0 Å². The van der Waals surface area contributed by atoms with Gasteiger partial charge in [0.15, 0.2) is 11.5 Å². The van der Waals surface area contributed by atoms with Crippen molar-refractivity contribution >= 4 is 11.8 Å². The van der Waals surface area contributed by atoms with Crippen LogP contribution in [0.5, 0.6) is 11.5 Å². The topological polar surface area (TPSA) is 68.3 Å². The first-order valence-corrected chi connectivity index (χ1v) is 11.5. The number of methoxy groups -OCH3 is 2. The van der Waals surface area contributed by atoms with Crippen molar-refractivity contribution in [3.63, 3.8) is 0 Å². The Morgan fingerprint density at radius 3 is 2.36 bits per heavy atom. The lowest BCUT2D eigenvalue weighted by Gasteiger charge is -2.36. The van der Waals surface area contributed by atoms with Crippen LogP contribution >= 0.6 is 0 Å². The van der Waals surface area contributed by atoms with Crippen LogP contribution in [0.3, 0.4) is 0 Å². The van der Waals surface area contributed by atoms with E-state index in [0.29, 0.717) is 61.3 Å². The van der Waals surface area contributed by atoms with Gasteiger partial charge in [-0.2, -0.15) is 0 Å². The van der Waals surface area contributed by atoms with Crippen molar-refractivity contribution < 1.29 is 23.8 Å². The van der Waals surface area contributed by atoms with E-state index in [1.165, 1.54) is 0 Å². The molecule has 1 aliphatic carbocycles. The molecule has 1 unspecified atom stereocenters. The first-order chi connectivity index (χ1) is 16.0. The number of aryl methyl sites for hydroxylation is 1. The zero-order chi connectivity index (χ0) is 23.4.